The van der Waals surface area contributed by atoms with E-state index in [9.17, 15) is 4.79 Å². The number of halogens is 1. The lowest BCUT2D eigenvalue weighted by atomic mass is 10.1. The number of aromatic nitrogens is 3. The lowest BCUT2D eigenvalue weighted by Crippen LogP contribution is -2.19. The Morgan fingerprint density at radius 3 is 2.59 bits per heavy atom. The van der Waals surface area contributed by atoms with Gasteiger partial charge in [-0.1, -0.05) is 42.6 Å². The van der Waals surface area contributed by atoms with E-state index in [1.165, 1.54) is 12.8 Å². The van der Waals surface area contributed by atoms with Crippen LogP contribution in [0.15, 0.2) is 53.3 Å². The van der Waals surface area contributed by atoms with Gasteiger partial charge in [-0.2, -0.15) is 0 Å². The fraction of sp³-hybridized carbons (Fsp3) is 0.238. The molecule has 2 N–H and O–H groups in total. The number of fused-ring (bicyclic) bond motifs is 3. The number of pyridine rings is 1. The fourth-order valence-corrected chi connectivity index (χ4v) is 4.08. The van der Waals surface area contributed by atoms with Crippen molar-refractivity contribution in [3.05, 3.63) is 63.9 Å². The molecule has 0 aliphatic heterocycles. The van der Waals surface area contributed by atoms with E-state index in [2.05, 4.69) is 10.4 Å². The van der Waals surface area contributed by atoms with Gasteiger partial charge in [0.1, 0.15) is 11.2 Å². The van der Waals surface area contributed by atoms with Crippen LogP contribution in [-0.2, 0) is 0 Å². The number of nitrogens with zero attached hydrogens (tertiary/aromatic N) is 2. The Labute approximate surface area is 161 Å². The molecule has 2 aromatic heterocycles. The minimum absolute atomic E-state index is 0.105. The second kappa shape index (κ2) is 6.43. The SMILES string of the molecule is O=c1c2c(NC3CCCC3)nc3ccccc3c2[nH]n1-c1ccc(Cl)cc1. The van der Waals surface area contributed by atoms with Gasteiger partial charge in [0, 0.05) is 16.5 Å². The number of hydrogen-bond acceptors (Lipinski definition) is 3. The number of H-pyrrole nitrogens is 1. The minimum atomic E-state index is -0.105. The van der Waals surface area contributed by atoms with Crippen LogP contribution in [0.5, 0.6) is 0 Å². The van der Waals surface area contributed by atoms with Gasteiger partial charge in [-0.15, -0.1) is 0 Å². The molecule has 5 rings (SSSR count). The molecule has 1 saturated carbocycles. The topological polar surface area (TPSA) is 62.7 Å². The lowest BCUT2D eigenvalue weighted by Gasteiger charge is -2.13. The van der Waals surface area contributed by atoms with E-state index in [4.69, 9.17) is 16.6 Å². The van der Waals surface area contributed by atoms with Crippen LogP contribution < -0.4 is 10.9 Å². The van der Waals surface area contributed by atoms with Gasteiger partial charge in [-0.05, 0) is 43.2 Å². The average molecular weight is 379 g/mol. The molecule has 6 heteroatoms. The molecule has 1 aliphatic rings. The molecule has 1 fully saturated rings. The van der Waals surface area contributed by atoms with Gasteiger partial charge < -0.3 is 5.32 Å². The molecule has 1 aliphatic carbocycles. The Bertz CT molecular complexity index is 1190. The number of hydrogen-bond donors (Lipinski definition) is 2. The molecule has 0 unspecified atom stereocenters. The first-order valence-corrected chi connectivity index (χ1v) is 9.64. The first-order chi connectivity index (χ1) is 13.2. The highest BCUT2D eigenvalue weighted by Crippen LogP contribution is 2.29. The highest BCUT2D eigenvalue weighted by atomic mass is 35.5. The molecule has 2 aromatic carbocycles. The van der Waals surface area contributed by atoms with Crippen molar-refractivity contribution in [1.82, 2.24) is 14.8 Å². The summed E-state index contributed by atoms with van der Waals surface area (Å²) < 4.78 is 1.56. The van der Waals surface area contributed by atoms with Crippen molar-refractivity contribution in [2.75, 3.05) is 5.32 Å². The van der Waals surface area contributed by atoms with Gasteiger partial charge in [0.2, 0.25) is 0 Å². The maximum absolute atomic E-state index is 13.3. The molecule has 0 atom stereocenters. The predicted molar refractivity (Wildman–Crippen MR) is 110 cm³/mol. The molecule has 4 aromatic rings. The maximum Gasteiger partial charge on any atom is 0.282 e. The second-order valence-corrected chi connectivity index (χ2v) is 7.52. The van der Waals surface area contributed by atoms with E-state index >= 15 is 0 Å². The highest BCUT2D eigenvalue weighted by Gasteiger charge is 2.21. The van der Waals surface area contributed by atoms with Crippen molar-refractivity contribution in [3.63, 3.8) is 0 Å². The standard InChI is InChI=1S/C21H19ClN4O/c22-13-9-11-15(12-10-13)26-21(27)18-19(25-26)16-7-3-4-8-17(16)24-20(18)23-14-5-1-2-6-14/h3-4,7-12,14,25H,1-2,5-6H2,(H,23,24). The van der Waals surface area contributed by atoms with Crippen LogP contribution in [-0.4, -0.2) is 20.8 Å². The van der Waals surface area contributed by atoms with Crippen LogP contribution in [0.1, 0.15) is 25.7 Å². The van der Waals surface area contributed by atoms with Crippen molar-refractivity contribution < 1.29 is 0 Å². The van der Waals surface area contributed by atoms with Crippen LogP contribution in [0.25, 0.3) is 27.5 Å². The molecular weight excluding hydrogens is 360 g/mol. The molecule has 2 heterocycles. The summed E-state index contributed by atoms with van der Waals surface area (Å²) >= 11 is 6.00. The number of para-hydroxylation sites is 1. The van der Waals surface area contributed by atoms with Gasteiger partial charge in [0.25, 0.3) is 5.56 Å². The Morgan fingerprint density at radius 1 is 1.07 bits per heavy atom. The van der Waals surface area contributed by atoms with Crippen molar-refractivity contribution in [2.45, 2.75) is 31.7 Å². The first-order valence-electron chi connectivity index (χ1n) is 9.27. The first kappa shape index (κ1) is 16.4. The third kappa shape index (κ3) is 2.79. The monoisotopic (exact) mass is 378 g/mol. The molecule has 5 nitrogen and oxygen atoms in total. The van der Waals surface area contributed by atoms with Crippen molar-refractivity contribution in [1.29, 1.82) is 0 Å². The highest BCUT2D eigenvalue weighted by molar-refractivity contribution is 6.30. The van der Waals surface area contributed by atoms with Crippen molar-refractivity contribution >= 4 is 39.2 Å². The lowest BCUT2D eigenvalue weighted by molar-refractivity contribution is 0.752. The number of nitrogens with one attached hydrogen (secondary N) is 2. The zero-order chi connectivity index (χ0) is 18.4. The molecule has 0 bridgehead atoms. The minimum Gasteiger partial charge on any atom is -0.367 e. The summed E-state index contributed by atoms with van der Waals surface area (Å²) in [7, 11) is 0. The van der Waals surface area contributed by atoms with E-state index in [1.807, 2.05) is 36.4 Å². The van der Waals surface area contributed by atoms with Gasteiger partial charge in [0.15, 0.2) is 0 Å². The molecule has 27 heavy (non-hydrogen) atoms. The van der Waals surface area contributed by atoms with Gasteiger partial charge in [-0.3, -0.25) is 9.89 Å². The second-order valence-electron chi connectivity index (χ2n) is 7.08. The van der Waals surface area contributed by atoms with E-state index in [-0.39, 0.29) is 5.56 Å². The van der Waals surface area contributed by atoms with Gasteiger partial charge in [0.05, 0.1) is 16.7 Å². The van der Waals surface area contributed by atoms with Crippen LogP contribution >= 0.6 is 11.6 Å². The van der Waals surface area contributed by atoms with Crippen LogP contribution in [0.4, 0.5) is 5.82 Å². The van der Waals surface area contributed by atoms with E-state index in [0.717, 1.165) is 34.9 Å². The van der Waals surface area contributed by atoms with Gasteiger partial charge in [-0.25, -0.2) is 9.67 Å². The largest absolute Gasteiger partial charge is 0.367 e. The average Bonchev–Trinajstić information content (AvgIpc) is 3.31. The third-order valence-corrected chi connectivity index (χ3v) is 5.57. The molecule has 0 amide bonds. The molecule has 136 valence electrons. The number of aromatic amines is 1. The van der Waals surface area contributed by atoms with Crippen LogP contribution in [0.3, 0.4) is 0 Å². The predicted octanol–water partition coefficient (Wildman–Crippen LogP) is 4.87. The Kier molecular flexibility index (Phi) is 3.90. The molecule has 0 spiro atoms. The summed E-state index contributed by atoms with van der Waals surface area (Å²) in [4.78, 5) is 18.1. The van der Waals surface area contributed by atoms with Crippen LogP contribution in [0, 0.1) is 0 Å². The fourth-order valence-electron chi connectivity index (χ4n) is 3.95. The van der Waals surface area contributed by atoms with Crippen LogP contribution in [0.2, 0.25) is 5.02 Å². The molecule has 0 saturated heterocycles. The van der Waals surface area contributed by atoms with E-state index in [1.54, 1.807) is 16.8 Å². The summed E-state index contributed by atoms with van der Waals surface area (Å²) in [5.41, 5.74) is 2.32. The molecule has 0 radical (unpaired) electrons. The Hall–Kier alpha value is -2.79. The van der Waals surface area contributed by atoms with E-state index < -0.39 is 0 Å². The maximum atomic E-state index is 13.3. The van der Waals surface area contributed by atoms with Crippen molar-refractivity contribution in [3.8, 4) is 5.69 Å². The van der Waals surface area contributed by atoms with E-state index in [0.29, 0.717) is 22.3 Å². The third-order valence-electron chi connectivity index (χ3n) is 5.31. The normalized spacial score (nSPS) is 15.0. The summed E-state index contributed by atoms with van der Waals surface area (Å²) in [6.45, 7) is 0. The number of benzene rings is 2. The summed E-state index contributed by atoms with van der Waals surface area (Å²) in [5, 5.41) is 9.00. The zero-order valence-electron chi connectivity index (χ0n) is 14.7. The quantitative estimate of drug-likeness (QED) is 0.534. The number of rotatable bonds is 3. The summed E-state index contributed by atoms with van der Waals surface area (Å²) in [6, 6.07) is 15.5. The summed E-state index contributed by atoms with van der Waals surface area (Å²) in [6.07, 6.45) is 4.67. The summed E-state index contributed by atoms with van der Waals surface area (Å²) in [5.74, 6) is 0.671. The van der Waals surface area contributed by atoms with Crippen molar-refractivity contribution in [2.24, 2.45) is 0 Å². The van der Waals surface area contributed by atoms with Gasteiger partial charge >= 0.3 is 0 Å². The Morgan fingerprint density at radius 2 is 1.81 bits per heavy atom. The zero-order valence-corrected chi connectivity index (χ0v) is 15.5. The molecular formula is C21H19ClN4O. The number of anilines is 1. The smallest absolute Gasteiger partial charge is 0.282 e. The Balaban J connectivity index is 1.77.